The molecule has 0 atom stereocenters. The highest BCUT2D eigenvalue weighted by atomic mass is 32.2. The fraction of sp³-hybridized carbons (Fsp3) is 0.231. The van der Waals surface area contributed by atoms with Gasteiger partial charge in [-0.3, -0.25) is 5.32 Å². The molecule has 8 nitrogen and oxygen atoms in total. The number of nitrogens with zero attached hydrogens (tertiary/aromatic N) is 1. The average molecular weight is 324 g/mol. The van der Waals surface area contributed by atoms with E-state index < -0.39 is 16.1 Å². The molecular weight excluding hydrogens is 308 g/mol. The summed E-state index contributed by atoms with van der Waals surface area (Å²) in [6, 6.07) is 7.38. The number of carbonyl (C=O) groups is 1. The molecule has 0 bridgehead atoms. The average Bonchev–Trinajstić information content (AvgIpc) is 2.83. The SMILES string of the molecule is Cc1cc(NC(=O)NCCc2ccc(S(N)(=O)=O)cc2)no1. The predicted molar refractivity (Wildman–Crippen MR) is 79.8 cm³/mol. The third-order valence-corrected chi connectivity index (χ3v) is 3.75. The second kappa shape index (κ2) is 6.58. The summed E-state index contributed by atoms with van der Waals surface area (Å²) in [4.78, 5) is 11.7. The van der Waals surface area contributed by atoms with Gasteiger partial charge in [-0.1, -0.05) is 17.3 Å². The standard InChI is InChI=1S/C13H16N4O4S/c1-9-8-12(17-21-9)16-13(18)15-7-6-10-2-4-11(5-3-10)22(14,19)20/h2-5,8H,6-7H2,1H3,(H2,14,19,20)(H2,15,16,17,18). The first-order valence-electron chi connectivity index (χ1n) is 6.44. The molecule has 0 aliphatic heterocycles. The number of nitrogens with one attached hydrogen (secondary N) is 2. The van der Waals surface area contributed by atoms with Gasteiger partial charge in [0.1, 0.15) is 5.76 Å². The number of primary sulfonamides is 1. The molecule has 0 aliphatic carbocycles. The van der Waals surface area contributed by atoms with Gasteiger partial charge in [-0.15, -0.1) is 0 Å². The fourth-order valence-corrected chi connectivity index (χ4v) is 2.27. The molecule has 0 saturated heterocycles. The van der Waals surface area contributed by atoms with Gasteiger partial charge in [0, 0.05) is 12.6 Å². The molecule has 118 valence electrons. The number of hydrogen-bond donors (Lipinski definition) is 3. The molecule has 1 aromatic heterocycles. The van der Waals surface area contributed by atoms with E-state index in [2.05, 4.69) is 15.8 Å². The van der Waals surface area contributed by atoms with Gasteiger partial charge in [-0.05, 0) is 31.0 Å². The number of urea groups is 1. The summed E-state index contributed by atoms with van der Waals surface area (Å²) >= 11 is 0. The summed E-state index contributed by atoms with van der Waals surface area (Å²) in [5.41, 5.74) is 0.880. The van der Waals surface area contributed by atoms with E-state index in [4.69, 9.17) is 9.66 Å². The molecule has 22 heavy (non-hydrogen) atoms. The summed E-state index contributed by atoms with van der Waals surface area (Å²) in [5.74, 6) is 0.942. The maximum atomic E-state index is 11.6. The van der Waals surface area contributed by atoms with Gasteiger partial charge >= 0.3 is 6.03 Å². The van der Waals surface area contributed by atoms with Crippen molar-refractivity contribution in [2.45, 2.75) is 18.2 Å². The smallest absolute Gasteiger partial charge is 0.320 e. The number of aryl methyl sites for hydroxylation is 1. The summed E-state index contributed by atoms with van der Waals surface area (Å²) in [5, 5.41) is 13.8. The zero-order valence-corrected chi connectivity index (χ0v) is 12.7. The molecule has 2 amide bonds. The summed E-state index contributed by atoms with van der Waals surface area (Å²) < 4.78 is 27.1. The Balaban J connectivity index is 1.79. The molecule has 2 rings (SSSR count). The van der Waals surface area contributed by atoms with Gasteiger partial charge in [0.15, 0.2) is 5.82 Å². The van der Waals surface area contributed by atoms with Gasteiger partial charge in [0.2, 0.25) is 10.0 Å². The van der Waals surface area contributed by atoms with Crippen molar-refractivity contribution in [3.63, 3.8) is 0 Å². The van der Waals surface area contributed by atoms with E-state index in [0.29, 0.717) is 24.5 Å². The van der Waals surface area contributed by atoms with Gasteiger partial charge in [0.05, 0.1) is 4.90 Å². The van der Waals surface area contributed by atoms with E-state index >= 15 is 0 Å². The number of hydrogen-bond acceptors (Lipinski definition) is 5. The first-order valence-corrected chi connectivity index (χ1v) is 7.99. The van der Waals surface area contributed by atoms with Crippen molar-refractivity contribution in [1.82, 2.24) is 10.5 Å². The van der Waals surface area contributed by atoms with Crippen LogP contribution >= 0.6 is 0 Å². The monoisotopic (exact) mass is 324 g/mol. The van der Waals surface area contributed by atoms with Crippen molar-refractivity contribution in [3.05, 3.63) is 41.7 Å². The number of benzene rings is 1. The molecule has 1 heterocycles. The highest BCUT2D eigenvalue weighted by Gasteiger charge is 2.07. The van der Waals surface area contributed by atoms with Crippen LogP contribution in [0.4, 0.5) is 10.6 Å². The second-order valence-corrected chi connectivity index (χ2v) is 6.20. The first-order chi connectivity index (χ1) is 10.3. The molecule has 0 unspecified atom stereocenters. The number of nitrogens with two attached hydrogens (primary N) is 1. The Kier molecular flexibility index (Phi) is 4.78. The summed E-state index contributed by atoms with van der Waals surface area (Å²) in [6.45, 7) is 2.11. The van der Waals surface area contributed by atoms with Crippen molar-refractivity contribution >= 4 is 21.9 Å². The van der Waals surface area contributed by atoms with Crippen molar-refractivity contribution in [1.29, 1.82) is 0 Å². The molecule has 0 spiro atoms. The van der Waals surface area contributed by atoms with Gasteiger partial charge in [0.25, 0.3) is 0 Å². The maximum absolute atomic E-state index is 11.6. The van der Waals surface area contributed by atoms with Crippen LogP contribution in [0.3, 0.4) is 0 Å². The van der Waals surface area contributed by atoms with Crippen LogP contribution in [0.5, 0.6) is 0 Å². The van der Waals surface area contributed by atoms with Crippen molar-refractivity contribution < 1.29 is 17.7 Å². The highest BCUT2D eigenvalue weighted by molar-refractivity contribution is 7.89. The minimum Gasteiger partial charge on any atom is -0.360 e. The van der Waals surface area contributed by atoms with Crippen molar-refractivity contribution in [2.24, 2.45) is 5.14 Å². The Morgan fingerprint density at radius 3 is 2.55 bits per heavy atom. The van der Waals surface area contributed by atoms with Crippen LogP contribution in [0.1, 0.15) is 11.3 Å². The van der Waals surface area contributed by atoms with Gasteiger partial charge < -0.3 is 9.84 Å². The van der Waals surface area contributed by atoms with E-state index in [-0.39, 0.29) is 4.90 Å². The zero-order chi connectivity index (χ0) is 16.2. The lowest BCUT2D eigenvalue weighted by atomic mass is 10.1. The molecule has 9 heteroatoms. The second-order valence-electron chi connectivity index (χ2n) is 4.64. The van der Waals surface area contributed by atoms with E-state index in [1.807, 2.05) is 0 Å². The molecule has 4 N–H and O–H groups in total. The van der Waals surface area contributed by atoms with E-state index in [9.17, 15) is 13.2 Å². The van der Waals surface area contributed by atoms with Crippen LogP contribution in [0.15, 0.2) is 39.8 Å². The third-order valence-electron chi connectivity index (χ3n) is 2.82. The number of sulfonamides is 1. The molecule has 0 fully saturated rings. The molecule has 0 aliphatic rings. The van der Waals surface area contributed by atoms with Crippen LogP contribution in [-0.2, 0) is 16.4 Å². The number of amides is 2. The lowest BCUT2D eigenvalue weighted by Crippen LogP contribution is -2.30. The maximum Gasteiger partial charge on any atom is 0.320 e. The minimum absolute atomic E-state index is 0.0587. The topological polar surface area (TPSA) is 127 Å². The van der Waals surface area contributed by atoms with E-state index in [0.717, 1.165) is 5.56 Å². The Morgan fingerprint density at radius 1 is 1.32 bits per heavy atom. The Bertz CT molecular complexity index is 753. The van der Waals surface area contributed by atoms with E-state index in [1.54, 1.807) is 25.1 Å². The lowest BCUT2D eigenvalue weighted by molar-refractivity contribution is 0.252. The van der Waals surface area contributed by atoms with Crippen LogP contribution in [0.2, 0.25) is 0 Å². The third kappa shape index (κ3) is 4.57. The van der Waals surface area contributed by atoms with Crippen molar-refractivity contribution in [2.75, 3.05) is 11.9 Å². The summed E-state index contributed by atoms with van der Waals surface area (Å²) in [7, 11) is -3.68. The Morgan fingerprint density at radius 2 is 2.00 bits per heavy atom. The first kappa shape index (κ1) is 16.0. The number of carbonyl (C=O) groups excluding carboxylic acids is 1. The predicted octanol–water partition coefficient (Wildman–Crippen LogP) is 0.995. The van der Waals surface area contributed by atoms with Crippen LogP contribution in [0, 0.1) is 6.92 Å². The Labute approximate surface area is 127 Å². The van der Waals surface area contributed by atoms with Crippen LogP contribution in [-0.4, -0.2) is 26.2 Å². The molecular formula is C13H16N4O4S. The largest absolute Gasteiger partial charge is 0.360 e. The molecule has 2 aromatic rings. The lowest BCUT2D eigenvalue weighted by Gasteiger charge is -2.06. The molecule has 1 aromatic carbocycles. The van der Waals surface area contributed by atoms with Crippen LogP contribution < -0.4 is 15.8 Å². The Hall–Kier alpha value is -2.39. The summed E-state index contributed by atoms with van der Waals surface area (Å²) in [6.07, 6.45) is 0.552. The highest BCUT2D eigenvalue weighted by Crippen LogP contribution is 2.09. The van der Waals surface area contributed by atoms with Gasteiger partial charge in [-0.2, -0.15) is 0 Å². The van der Waals surface area contributed by atoms with Crippen LogP contribution in [0.25, 0.3) is 0 Å². The number of rotatable bonds is 5. The minimum atomic E-state index is -3.68. The fourth-order valence-electron chi connectivity index (χ4n) is 1.75. The molecule has 0 radical (unpaired) electrons. The molecule has 0 saturated carbocycles. The normalized spacial score (nSPS) is 11.2. The van der Waals surface area contributed by atoms with E-state index in [1.165, 1.54) is 12.1 Å². The van der Waals surface area contributed by atoms with Gasteiger partial charge in [-0.25, -0.2) is 18.4 Å². The number of aromatic nitrogens is 1. The quantitative estimate of drug-likeness (QED) is 0.756. The van der Waals surface area contributed by atoms with Crippen molar-refractivity contribution in [3.8, 4) is 0 Å². The zero-order valence-electron chi connectivity index (χ0n) is 11.9. The number of anilines is 1.